The number of halogens is 2. The first kappa shape index (κ1) is 16.9. The standard InChI is InChI=1S/C20H20Cl2N2O/c21-17-6-4-15(5-7-17)12-24-14-16(13-23-8-10-25-11-9-23)20-18(22)2-1-3-19(20)24/h1-7,14H,8-13H2. The fourth-order valence-electron chi connectivity index (χ4n) is 3.43. The van der Waals surface area contributed by atoms with Crippen molar-refractivity contribution < 1.29 is 4.74 Å². The summed E-state index contributed by atoms with van der Waals surface area (Å²) in [5.41, 5.74) is 3.67. The molecule has 3 nitrogen and oxygen atoms in total. The molecule has 0 atom stereocenters. The predicted octanol–water partition coefficient (Wildman–Crippen LogP) is 4.83. The van der Waals surface area contributed by atoms with Gasteiger partial charge >= 0.3 is 0 Å². The molecule has 4 rings (SSSR count). The Balaban J connectivity index is 1.69. The van der Waals surface area contributed by atoms with Crippen molar-refractivity contribution in [2.24, 2.45) is 0 Å². The highest BCUT2D eigenvalue weighted by atomic mass is 35.5. The van der Waals surface area contributed by atoms with Crippen molar-refractivity contribution in [2.75, 3.05) is 26.3 Å². The van der Waals surface area contributed by atoms with Crippen LogP contribution >= 0.6 is 23.2 Å². The molecular formula is C20H20Cl2N2O. The van der Waals surface area contributed by atoms with Crippen LogP contribution < -0.4 is 0 Å². The molecule has 0 amide bonds. The van der Waals surface area contributed by atoms with E-state index in [9.17, 15) is 0 Å². The van der Waals surface area contributed by atoms with Gasteiger partial charge in [0.15, 0.2) is 0 Å². The topological polar surface area (TPSA) is 17.4 Å². The Labute approximate surface area is 157 Å². The van der Waals surface area contributed by atoms with Crippen molar-refractivity contribution in [2.45, 2.75) is 13.1 Å². The summed E-state index contributed by atoms with van der Waals surface area (Å²) in [6.45, 7) is 5.24. The molecule has 0 aliphatic carbocycles. The number of aromatic nitrogens is 1. The molecule has 0 radical (unpaired) electrons. The zero-order valence-corrected chi connectivity index (χ0v) is 15.4. The first-order valence-corrected chi connectivity index (χ1v) is 9.27. The van der Waals surface area contributed by atoms with Gasteiger partial charge in [-0.3, -0.25) is 4.90 Å². The van der Waals surface area contributed by atoms with Crippen LogP contribution in [0.4, 0.5) is 0 Å². The van der Waals surface area contributed by atoms with Gasteiger partial charge in [0.25, 0.3) is 0 Å². The van der Waals surface area contributed by atoms with Gasteiger partial charge in [-0.1, -0.05) is 41.4 Å². The average molecular weight is 375 g/mol. The molecule has 1 aliphatic rings. The molecule has 0 spiro atoms. The van der Waals surface area contributed by atoms with Crippen LogP contribution in [0.2, 0.25) is 10.0 Å². The van der Waals surface area contributed by atoms with E-state index < -0.39 is 0 Å². The third kappa shape index (κ3) is 3.70. The molecule has 0 unspecified atom stereocenters. The van der Waals surface area contributed by atoms with Crippen LogP contribution in [-0.2, 0) is 17.8 Å². The highest BCUT2D eigenvalue weighted by Crippen LogP contribution is 2.30. The Morgan fingerprint density at radius 1 is 0.920 bits per heavy atom. The summed E-state index contributed by atoms with van der Waals surface area (Å²) >= 11 is 12.5. The lowest BCUT2D eigenvalue weighted by molar-refractivity contribution is 0.0343. The Kier molecular flexibility index (Phi) is 5.00. The van der Waals surface area contributed by atoms with E-state index in [1.807, 2.05) is 24.3 Å². The van der Waals surface area contributed by atoms with Gasteiger partial charge in [0.1, 0.15) is 0 Å². The predicted molar refractivity (Wildman–Crippen MR) is 104 cm³/mol. The Hall–Kier alpha value is -1.52. The number of ether oxygens (including phenoxy) is 1. The molecule has 3 aromatic rings. The van der Waals surface area contributed by atoms with Gasteiger partial charge in [-0.15, -0.1) is 0 Å². The molecule has 0 bridgehead atoms. The summed E-state index contributed by atoms with van der Waals surface area (Å²) in [4.78, 5) is 2.42. The number of nitrogens with zero attached hydrogens (tertiary/aromatic N) is 2. The van der Waals surface area contributed by atoms with Crippen molar-refractivity contribution >= 4 is 34.1 Å². The smallest absolute Gasteiger partial charge is 0.0594 e. The highest BCUT2D eigenvalue weighted by Gasteiger charge is 2.16. The second kappa shape index (κ2) is 7.38. The molecular weight excluding hydrogens is 355 g/mol. The van der Waals surface area contributed by atoms with Gasteiger partial charge in [-0.25, -0.2) is 0 Å². The van der Waals surface area contributed by atoms with Crippen LogP contribution in [0.25, 0.3) is 10.9 Å². The minimum atomic E-state index is 0.761. The van der Waals surface area contributed by atoms with E-state index in [-0.39, 0.29) is 0 Å². The largest absolute Gasteiger partial charge is 0.379 e. The molecule has 1 fully saturated rings. The van der Waals surface area contributed by atoms with Gasteiger partial charge in [0, 0.05) is 42.8 Å². The van der Waals surface area contributed by atoms with Gasteiger partial charge in [-0.05, 0) is 35.4 Å². The number of rotatable bonds is 4. The van der Waals surface area contributed by atoms with E-state index in [4.69, 9.17) is 27.9 Å². The highest BCUT2D eigenvalue weighted by molar-refractivity contribution is 6.35. The Morgan fingerprint density at radius 3 is 2.44 bits per heavy atom. The number of fused-ring (bicyclic) bond motifs is 1. The van der Waals surface area contributed by atoms with Crippen LogP contribution in [0.3, 0.4) is 0 Å². The second-order valence-corrected chi connectivity index (χ2v) is 7.27. The summed E-state index contributed by atoms with van der Waals surface area (Å²) in [6.07, 6.45) is 2.24. The first-order valence-electron chi connectivity index (χ1n) is 8.51. The molecule has 1 aromatic heterocycles. The Bertz CT molecular complexity index is 867. The maximum absolute atomic E-state index is 6.54. The van der Waals surface area contributed by atoms with E-state index in [1.165, 1.54) is 16.6 Å². The number of benzene rings is 2. The number of hydrogen-bond donors (Lipinski definition) is 0. The summed E-state index contributed by atoms with van der Waals surface area (Å²) < 4.78 is 7.74. The number of hydrogen-bond acceptors (Lipinski definition) is 2. The van der Waals surface area contributed by atoms with Crippen molar-refractivity contribution in [1.29, 1.82) is 0 Å². The fraction of sp³-hybridized carbons (Fsp3) is 0.300. The maximum atomic E-state index is 6.54. The molecule has 2 aromatic carbocycles. The average Bonchev–Trinajstić information content (AvgIpc) is 2.97. The lowest BCUT2D eigenvalue weighted by Crippen LogP contribution is -2.35. The maximum Gasteiger partial charge on any atom is 0.0594 e. The SMILES string of the molecule is Clc1ccc(Cn2cc(CN3CCOCC3)c3c(Cl)cccc32)cc1. The van der Waals surface area contributed by atoms with Gasteiger partial charge < -0.3 is 9.30 Å². The van der Waals surface area contributed by atoms with Crippen molar-refractivity contribution in [3.05, 3.63) is 69.8 Å². The molecule has 5 heteroatoms. The lowest BCUT2D eigenvalue weighted by Gasteiger charge is -2.26. The van der Waals surface area contributed by atoms with Gasteiger partial charge in [0.2, 0.25) is 0 Å². The minimum Gasteiger partial charge on any atom is -0.379 e. The van der Waals surface area contributed by atoms with Gasteiger partial charge in [0.05, 0.1) is 23.8 Å². The van der Waals surface area contributed by atoms with Crippen molar-refractivity contribution in [3.63, 3.8) is 0 Å². The molecule has 0 saturated carbocycles. The fourth-order valence-corrected chi connectivity index (χ4v) is 3.85. The second-order valence-electron chi connectivity index (χ2n) is 6.43. The van der Waals surface area contributed by atoms with Crippen molar-refractivity contribution in [3.8, 4) is 0 Å². The summed E-state index contributed by atoms with van der Waals surface area (Å²) in [7, 11) is 0. The lowest BCUT2D eigenvalue weighted by atomic mass is 10.1. The molecule has 0 N–H and O–H groups in total. The summed E-state index contributed by atoms with van der Waals surface area (Å²) in [6, 6.07) is 14.1. The van der Waals surface area contributed by atoms with Gasteiger partial charge in [-0.2, -0.15) is 0 Å². The molecule has 25 heavy (non-hydrogen) atoms. The van der Waals surface area contributed by atoms with Crippen LogP contribution in [0.5, 0.6) is 0 Å². The normalized spacial score (nSPS) is 15.8. The Morgan fingerprint density at radius 2 is 1.68 bits per heavy atom. The monoisotopic (exact) mass is 374 g/mol. The van der Waals surface area contributed by atoms with E-state index in [0.29, 0.717) is 0 Å². The molecule has 1 saturated heterocycles. The third-order valence-corrected chi connectivity index (χ3v) is 5.26. The van der Waals surface area contributed by atoms with Crippen LogP contribution in [0, 0.1) is 0 Å². The van der Waals surface area contributed by atoms with E-state index in [1.54, 1.807) is 0 Å². The number of morpholine rings is 1. The first-order chi connectivity index (χ1) is 12.2. The van der Waals surface area contributed by atoms with E-state index in [2.05, 4.69) is 33.9 Å². The minimum absolute atomic E-state index is 0.761. The van der Waals surface area contributed by atoms with Crippen LogP contribution in [0.15, 0.2) is 48.7 Å². The molecule has 1 aliphatic heterocycles. The summed E-state index contributed by atoms with van der Waals surface area (Å²) in [5, 5.41) is 2.73. The van der Waals surface area contributed by atoms with E-state index in [0.717, 1.165) is 54.8 Å². The zero-order valence-electron chi connectivity index (χ0n) is 13.9. The van der Waals surface area contributed by atoms with Crippen LogP contribution in [0.1, 0.15) is 11.1 Å². The van der Waals surface area contributed by atoms with Crippen molar-refractivity contribution in [1.82, 2.24) is 9.47 Å². The molecule has 2 heterocycles. The quantitative estimate of drug-likeness (QED) is 0.650. The van der Waals surface area contributed by atoms with Crippen LogP contribution in [-0.4, -0.2) is 35.8 Å². The molecule has 130 valence electrons. The summed E-state index contributed by atoms with van der Waals surface area (Å²) in [5.74, 6) is 0. The zero-order chi connectivity index (χ0) is 17.2. The third-order valence-electron chi connectivity index (χ3n) is 4.70. The van der Waals surface area contributed by atoms with E-state index >= 15 is 0 Å².